The Hall–Kier alpha value is -1.35. The lowest BCUT2D eigenvalue weighted by atomic mass is 9.92. The van der Waals surface area contributed by atoms with Gasteiger partial charge in [-0.15, -0.1) is 0 Å². The summed E-state index contributed by atoms with van der Waals surface area (Å²) in [4.78, 5) is 2.34. The van der Waals surface area contributed by atoms with Crippen LogP contribution in [0.1, 0.15) is 24.8 Å². The SMILES string of the molecule is CN(Cc1ccccc1)C1/C(=N/O)C2CCC1C2. The van der Waals surface area contributed by atoms with Gasteiger partial charge in [-0.1, -0.05) is 35.5 Å². The maximum absolute atomic E-state index is 9.23. The molecule has 2 fully saturated rings. The first-order chi connectivity index (χ1) is 8.79. The quantitative estimate of drug-likeness (QED) is 0.655. The Bertz CT molecular complexity index is 443. The summed E-state index contributed by atoms with van der Waals surface area (Å²) >= 11 is 0. The molecule has 2 bridgehead atoms. The summed E-state index contributed by atoms with van der Waals surface area (Å²) < 4.78 is 0. The van der Waals surface area contributed by atoms with Crippen LogP contribution in [0.4, 0.5) is 0 Å². The zero-order valence-electron chi connectivity index (χ0n) is 10.8. The van der Waals surface area contributed by atoms with Gasteiger partial charge in [0, 0.05) is 12.5 Å². The molecule has 0 aliphatic heterocycles. The lowest BCUT2D eigenvalue weighted by Gasteiger charge is -2.31. The Morgan fingerprint density at radius 1 is 1.28 bits per heavy atom. The van der Waals surface area contributed by atoms with Crippen molar-refractivity contribution in [3.05, 3.63) is 35.9 Å². The van der Waals surface area contributed by atoms with Crippen molar-refractivity contribution in [3.63, 3.8) is 0 Å². The van der Waals surface area contributed by atoms with Crippen LogP contribution in [0.5, 0.6) is 0 Å². The van der Waals surface area contributed by atoms with Crippen LogP contribution in [0, 0.1) is 11.8 Å². The van der Waals surface area contributed by atoms with E-state index >= 15 is 0 Å². The molecule has 1 N–H and O–H groups in total. The molecule has 2 saturated carbocycles. The van der Waals surface area contributed by atoms with Crippen LogP contribution in [0.25, 0.3) is 0 Å². The van der Waals surface area contributed by atoms with E-state index in [0.717, 1.165) is 12.3 Å². The molecule has 3 rings (SSSR count). The normalized spacial score (nSPS) is 32.6. The Morgan fingerprint density at radius 2 is 2.06 bits per heavy atom. The standard InChI is InChI=1S/C15H20N2O/c1-17(10-11-5-3-2-4-6-11)15-13-8-7-12(9-13)14(15)16-18/h2-6,12-13,15,18H,7-10H2,1H3/b16-14+. The summed E-state index contributed by atoms with van der Waals surface area (Å²) in [6.07, 6.45) is 3.70. The maximum atomic E-state index is 9.23. The summed E-state index contributed by atoms with van der Waals surface area (Å²) in [5.41, 5.74) is 2.34. The van der Waals surface area contributed by atoms with E-state index in [1.807, 2.05) is 6.07 Å². The monoisotopic (exact) mass is 244 g/mol. The van der Waals surface area contributed by atoms with Crippen molar-refractivity contribution in [3.8, 4) is 0 Å². The molecule has 0 heterocycles. The molecule has 0 saturated heterocycles. The molecule has 2 aliphatic carbocycles. The second-order valence-corrected chi connectivity index (χ2v) is 5.64. The number of hydrogen-bond acceptors (Lipinski definition) is 3. The van der Waals surface area contributed by atoms with Gasteiger partial charge >= 0.3 is 0 Å². The molecule has 2 aliphatic rings. The molecule has 0 amide bonds. The highest BCUT2D eigenvalue weighted by Crippen LogP contribution is 2.44. The summed E-state index contributed by atoms with van der Waals surface area (Å²) in [6.45, 7) is 0.924. The number of oxime groups is 1. The molecule has 0 radical (unpaired) electrons. The first kappa shape index (κ1) is 11.7. The van der Waals surface area contributed by atoms with Gasteiger partial charge < -0.3 is 5.21 Å². The highest BCUT2D eigenvalue weighted by atomic mass is 16.4. The van der Waals surface area contributed by atoms with Crippen LogP contribution in [0.15, 0.2) is 35.5 Å². The molecule has 1 aromatic carbocycles. The third kappa shape index (κ3) is 1.93. The van der Waals surface area contributed by atoms with Crippen LogP contribution in [-0.4, -0.2) is 28.9 Å². The van der Waals surface area contributed by atoms with Gasteiger partial charge in [-0.05, 0) is 37.8 Å². The highest BCUT2D eigenvalue weighted by Gasteiger charge is 2.47. The van der Waals surface area contributed by atoms with E-state index in [1.165, 1.54) is 24.8 Å². The molecule has 0 aromatic heterocycles. The topological polar surface area (TPSA) is 35.8 Å². The van der Waals surface area contributed by atoms with E-state index in [0.29, 0.717) is 17.9 Å². The number of rotatable bonds is 3. The molecule has 0 spiro atoms. The van der Waals surface area contributed by atoms with Crippen molar-refractivity contribution in [2.24, 2.45) is 17.0 Å². The summed E-state index contributed by atoms with van der Waals surface area (Å²) in [5.74, 6) is 1.22. The molecular weight excluding hydrogens is 224 g/mol. The van der Waals surface area contributed by atoms with E-state index in [2.05, 4.69) is 41.4 Å². The molecule has 3 heteroatoms. The van der Waals surface area contributed by atoms with Crippen molar-refractivity contribution in [2.75, 3.05) is 7.05 Å². The van der Waals surface area contributed by atoms with Crippen LogP contribution in [-0.2, 0) is 6.54 Å². The van der Waals surface area contributed by atoms with Crippen molar-refractivity contribution in [1.29, 1.82) is 0 Å². The van der Waals surface area contributed by atoms with Crippen LogP contribution in [0.2, 0.25) is 0 Å². The third-order valence-corrected chi connectivity index (χ3v) is 4.51. The van der Waals surface area contributed by atoms with E-state index in [4.69, 9.17) is 0 Å². The van der Waals surface area contributed by atoms with Gasteiger partial charge in [-0.2, -0.15) is 0 Å². The number of hydrogen-bond donors (Lipinski definition) is 1. The lowest BCUT2D eigenvalue weighted by Crippen LogP contribution is -2.42. The summed E-state index contributed by atoms with van der Waals surface area (Å²) in [5, 5.41) is 12.8. The minimum Gasteiger partial charge on any atom is -0.411 e. The van der Waals surface area contributed by atoms with Crippen molar-refractivity contribution >= 4 is 5.71 Å². The molecule has 18 heavy (non-hydrogen) atoms. The minimum absolute atomic E-state index is 0.342. The first-order valence-electron chi connectivity index (χ1n) is 6.75. The van der Waals surface area contributed by atoms with Crippen LogP contribution in [0.3, 0.4) is 0 Å². The summed E-state index contributed by atoms with van der Waals surface area (Å²) in [6, 6.07) is 10.8. The smallest absolute Gasteiger partial charge is 0.0775 e. The fraction of sp³-hybridized carbons (Fsp3) is 0.533. The Morgan fingerprint density at radius 3 is 2.78 bits per heavy atom. The number of nitrogens with zero attached hydrogens (tertiary/aromatic N) is 2. The summed E-state index contributed by atoms with van der Waals surface area (Å²) in [7, 11) is 2.14. The second kappa shape index (κ2) is 4.73. The Kier molecular flexibility index (Phi) is 3.08. The molecule has 3 atom stereocenters. The maximum Gasteiger partial charge on any atom is 0.0775 e. The Labute approximate surface area is 108 Å². The van der Waals surface area contributed by atoms with Crippen LogP contribution >= 0.6 is 0 Å². The van der Waals surface area contributed by atoms with Gasteiger partial charge in [0.1, 0.15) is 0 Å². The van der Waals surface area contributed by atoms with Gasteiger partial charge in [0.15, 0.2) is 0 Å². The first-order valence-corrected chi connectivity index (χ1v) is 6.75. The van der Waals surface area contributed by atoms with E-state index in [9.17, 15) is 5.21 Å². The van der Waals surface area contributed by atoms with Crippen molar-refractivity contribution < 1.29 is 5.21 Å². The van der Waals surface area contributed by atoms with Crippen molar-refractivity contribution in [1.82, 2.24) is 4.90 Å². The van der Waals surface area contributed by atoms with E-state index < -0.39 is 0 Å². The van der Waals surface area contributed by atoms with Gasteiger partial charge in [-0.25, -0.2) is 0 Å². The largest absolute Gasteiger partial charge is 0.411 e. The van der Waals surface area contributed by atoms with E-state index in [1.54, 1.807) is 0 Å². The fourth-order valence-electron chi connectivity index (χ4n) is 3.75. The van der Waals surface area contributed by atoms with Gasteiger partial charge in [-0.3, -0.25) is 4.90 Å². The van der Waals surface area contributed by atoms with Gasteiger partial charge in [0.25, 0.3) is 0 Å². The van der Waals surface area contributed by atoms with Crippen molar-refractivity contribution in [2.45, 2.75) is 31.8 Å². The predicted octanol–water partition coefficient (Wildman–Crippen LogP) is 2.75. The molecule has 1 aromatic rings. The van der Waals surface area contributed by atoms with Crippen LogP contribution < -0.4 is 0 Å². The highest BCUT2D eigenvalue weighted by molar-refractivity contribution is 5.94. The Balaban J connectivity index is 1.75. The predicted molar refractivity (Wildman–Crippen MR) is 71.7 cm³/mol. The molecule has 96 valence electrons. The molecular formula is C15H20N2O. The van der Waals surface area contributed by atoms with Gasteiger partial charge in [0.05, 0.1) is 11.8 Å². The molecule has 3 unspecified atom stereocenters. The van der Waals surface area contributed by atoms with E-state index in [-0.39, 0.29) is 0 Å². The molecule has 3 nitrogen and oxygen atoms in total. The zero-order chi connectivity index (χ0) is 12.5. The lowest BCUT2D eigenvalue weighted by molar-refractivity contribution is 0.222. The third-order valence-electron chi connectivity index (χ3n) is 4.51. The fourth-order valence-corrected chi connectivity index (χ4v) is 3.75. The average molecular weight is 244 g/mol. The second-order valence-electron chi connectivity index (χ2n) is 5.64. The zero-order valence-corrected chi connectivity index (χ0v) is 10.8. The van der Waals surface area contributed by atoms with Gasteiger partial charge in [0.2, 0.25) is 0 Å². The average Bonchev–Trinajstić information content (AvgIpc) is 2.99. The number of benzene rings is 1. The number of fused-ring (bicyclic) bond motifs is 2. The minimum atomic E-state index is 0.342.